The molecule has 1 aliphatic rings. The maximum absolute atomic E-state index is 12.6. The number of rotatable bonds is 3. The normalized spacial score (nSPS) is 15.5. The molecule has 0 aromatic carbocycles. The van der Waals surface area contributed by atoms with Gasteiger partial charge in [0.05, 0.1) is 11.1 Å². The van der Waals surface area contributed by atoms with Crippen molar-refractivity contribution >= 4 is 17.0 Å². The number of fused-ring (bicyclic) bond motifs is 1. The van der Waals surface area contributed by atoms with Gasteiger partial charge in [0.25, 0.3) is 5.56 Å². The second kappa shape index (κ2) is 6.39. The smallest absolute Gasteiger partial charge is 0.262 e. The highest BCUT2D eigenvalue weighted by atomic mass is 16.1. The first-order chi connectivity index (χ1) is 11.8. The highest BCUT2D eigenvalue weighted by Crippen LogP contribution is 2.23. The van der Waals surface area contributed by atoms with Crippen LogP contribution in [0.1, 0.15) is 32.1 Å². The molecule has 2 N–H and O–H groups in total. The summed E-state index contributed by atoms with van der Waals surface area (Å²) in [4.78, 5) is 28.6. The van der Waals surface area contributed by atoms with Gasteiger partial charge in [0, 0.05) is 24.0 Å². The molecule has 6 nitrogen and oxygen atoms in total. The summed E-state index contributed by atoms with van der Waals surface area (Å²) in [5, 5.41) is 3.83. The lowest BCUT2D eigenvalue weighted by Gasteiger charge is -2.22. The lowest BCUT2D eigenvalue weighted by atomic mass is 9.96. The Hall–Kier alpha value is -2.76. The minimum absolute atomic E-state index is 0.188. The Balaban J connectivity index is 1.75. The van der Waals surface area contributed by atoms with Crippen LogP contribution in [0.15, 0.2) is 41.5 Å². The molecule has 0 unspecified atom stereocenters. The maximum atomic E-state index is 12.6. The van der Waals surface area contributed by atoms with Gasteiger partial charge >= 0.3 is 0 Å². The van der Waals surface area contributed by atoms with Gasteiger partial charge in [-0.15, -0.1) is 0 Å². The van der Waals surface area contributed by atoms with Crippen LogP contribution < -0.4 is 10.9 Å². The number of hydrogen-bond acceptors (Lipinski definition) is 5. The van der Waals surface area contributed by atoms with E-state index in [4.69, 9.17) is 0 Å². The molecular weight excluding hydrogens is 302 g/mol. The van der Waals surface area contributed by atoms with Gasteiger partial charge in [-0.2, -0.15) is 4.98 Å². The lowest BCUT2D eigenvalue weighted by Crippen LogP contribution is -2.25. The standard InChI is InChI=1S/C18H19N5O/c24-17-15-13(14-8-4-5-10-19-14)9-11-20-16(15)22-18(23-17)21-12-6-2-1-3-7-12/h4-5,8-12H,1-3,6-7H2,(H2,20,21,22,23,24). The summed E-state index contributed by atoms with van der Waals surface area (Å²) < 4.78 is 0. The fourth-order valence-electron chi connectivity index (χ4n) is 3.31. The van der Waals surface area contributed by atoms with Crippen LogP contribution in [0.25, 0.3) is 22.3 Å². The van der Waals surface area contributed by atoms with Crippen molar-refractivity contribution in [3.05, 3.63) is 47.0 Å². The SMILES string of the molecule is O=c1[nH]c(NC2CCCCC2)nc2nccc(-c3ccccn3)c12. The number of nitrogens with one attached hydrogen (secondary N) is 2. The monoisotopic (exact) mass is 321 g/mol. The van der Waals surface area contributed by atoms with E-state index in [0.717, 1.165) is 24.1 Å². The summed E-state index contributed by atoms with van der Waals surface area (Å²) in [5.74, 6) is 0.505. The minimum atomic E-state index is -0.188. The highest BCUT2D eigenvalue weighted by molar-refractivity contribution is 5.90. The number of aromatic amines is 1. The first kappa shape index (κ1) is 14.8. The second-order valence-electron chi connectivity index (χ2n) is 6.17. The first-order valence-corrected chi connectivity index (χ1v) is 8.38. The van der Waals surface area contributed by atoms with E-state index in [0.29, 0.717) is 23.0 Å². The summed E-state index contributed by atoms with van der Waals surface area (Å²) in [6.07, 6.45) is 9.33. The summed E-state index contributed by atoms with van der Waals surface area (Å²) in [6.45, 7) is 0. The number of nitrogens with zero attached hydrogens (tertiary/aromatic N) is 3. The molecule has 3 aromatic heterocycles. The third-order valence-electron chi connectivity index (χ3n) is 4.49. The number of aromatic nitrogens is 4. The van der Waals surface area contributed by atoms with Crippen LogP contribution in [-0.2, 0) is 0 Å². The van der Waals surface area contributed by atoms with Crippen molar-refractivity contribution in [3.8, 4) is 11.3 Å². The molecule has 0 spiro atoms. The largest absolute Gasteiger partial charge is 0.353 e. The van der Waals surface area contributed by atoms with E-state index < -0.39 is 0 Å². The average molecular weight is 321 g/mol. The van der Waals surface area contributed by atoms with Gasteiger partial charge in [-0.1, -0.05) is 25.3 Å². The Morgan fingerprint density at radius 2 is 1.92 bits per heavy atom. The molecule has 0 bridgehead atoms. The van der Waals surface area contributed by atoms with Gasteiger partial charge in [0.2, 0.25) is 5.95 Å². The van der Waals surface area contributed by atoms with Gasteiger partial charge < -0.3 is 5.32 Å². The summed E-state index contributed by atoms with van der Waals surface area (Å²) in [7, 11) is 0. The fourth-order valence-corrected chi connectivity index (χ4v) is 3.31. The van der Waals surface area contributed by atoms with Gasteiger partial charge in [-0.25, -0.2) is 4.98 Å². The van der Waals surface area contributed by atoms with Gasteiger partial charge in [0.1, 0.15) is 0 Å². The summed E-state index contributed by atoms with van der Waals surface area (Å²) in [5.41, 5.74) is 1.75. The van der Waals surface area contributed by atoms with Crippen LogP contribution in [-0.4, -0.2) is 26.0 Å². The van der Waals surface area contributed by atoms with Gasteiger partial charge in [-0.3, -0.25) is 14.8 Å². The van der Waals surface area contributed by atoms with Crippen molar-refractivity contribution in [2.24, 2.45) is 0 Å². The molecular formula is C18H19N5O. The van der Waals surface area contributed by atoms with E-state index in [2.05, 4.69) is 25.3 Å². The van der Waals surface area contributed by atoms with Crippen LogP contribution in [0.2, 0.25) is 0 Å². The molecule has 0 amide bonds. The van der Waals surface area contributed by atoms with Crippen molar-refractivity contribution in [2.45, 2.75) is 38.1 Å². The number of anilines is 1. The molecule has 1 saturated carbocycles. The first-order valence-electron chi connectivity index (χ1n) is 8.38. The van der Waals surface area contributed by atoms with Crippen molar-refractivity contribution in [1.29, 1.82) is 0 Å². The molecule has 3 heterocycles. The molecule has 4 rings (SSSR count). The Kier molecular flexibility index (Phi) is 3.94. The van der Waals surface area contributed by atoms with E-state index >= 15 is 0 Å². The topological polar surface area (TPSA) is 83.6 Å². The average Bonchev–Trinajstić information content (AvgIpc) is 2.63. The van der Waals surface area contributed by atoms with Crippen LogP contribution >= 0.6 is 0 Å². The Labute approximate surface area is 139 Å². The zero-order valence-electron chi connectivity index (χ0n) is 13.3. The molecule has 0 atom stereocenters. The molecule has 1 fully saturated rings. The number of pyridine rings is 2. The van der Waals surface area contributed by atoms with Gasteiger partial charge in [0.15, 0.2) is 5.65 Å². The van der Waals surface area contributed by atoms with E-state index in [1.807, 2.05) is 18.2 Å². The molecule has 0 saturated heterocycles. The summed E-state index contributed by atoms with van der Waals surface area (Å²) >= 11 is 0. The van der Waals surface area contributed by atoms with E-state index in [9.17, 15) is 4.79 Å². The van der Waals surface area contributed by atoms with E-state index in [-0.39, 0.29) is 5.56 Å². The predicted molar refractivity (Wildman–Crippen MR) is 93.9 cm³/mol. The van der Waals surface area contributed by atoms with Crippen molar-refractivity contribution in [1.82, 2.24) is 19.9 Å². The Bertz CT molecular complexity index is 900. The zero-order valence-corrected chi connectivity index (χ0v) is 13.3. The van der Waals surface area contributed by atoms with Crippen molar-refractivity contribution in [2.75, 3.05) is 5.32 Å². The summed E-state index contributed by atoms with van der Waals surface area (Å²) in [6, 6.07) is 7.80. The Morgan fingerprint density at radius 1 is 1.04 bits per heavy atom. The maximum Gasteiger partial charge on any atom is 0.262 e. The zero-order chi connectivity index (χ0) is 16.4. The third-order valence-corrected chi connectivity index (χ3v) is 4.49. The van der Waals surface area contributed by atoms with E-state index in [1.54, 1.807) is 18.5 Å². The van der Waals surface area contributed by atoms with Crippen LogP contribution in [0.3, 0.4) is 0 Å². The molecule has 1 aliphatic carbocycles. The Morgan fingerprint density at radius 3 is 2.71 bits per heavy atom. The predicted octanol–water partition coefficient (Wildman–Crippen LogP) is 3.12. The van der Waals surface area contributed by atoms with Gasteiger partial charge in [-0.05, 0) is 31.0 Å². The quantitative estimate of drug-likeness (QED) is 0.774. The van der Waals surface area contributed by atoms with Crippen LogP contribution in [0.4, 0.5) is 5.95 Å². The molecule has 6 heteroatoms. The van der Waals surface area contributed by atoms with Crippen molar-refractivity contribution in [3.63, 3.8) is 0 Å². The number of H-pyrrole nitrogens is 1. The molecule has 0 aliphatic heterocycles. The molecule has 24 heavy (non-hydrogen) atoms. The van der Waals surface area contributed by atoms with Crippen molar-refractivity contribution < 1.29 is 0 Å². The molecule has 3 aromatic rings. The van der Waals surface area contributed by atoms with Crippen LogP contribution in [0, 0.1) is 0 Å². The molecule has 122 valence electrons. The van der Waals surface area contributed by atoms with Crippen LogP contribution in [0.5, 0.6) is 0 Å². The highest BCUT2D eigenvalue weighted by Gasteiger charge is 2.16. The van der Waals surface area contributed by atoms with E-state index in [1.165, 1.54) is 19.3 Å². The lowest BCUT2D eigenvalue weighted by molar-refractivity contribution is 0.461. The third kappa shape index (κ3) is 2.87. The molecule has 0 radical (unpaired) electrons. The minimum Gasteiger partial charge on any atom is -0.353 e. The second-order valence-corrected chi connectivity index (χ2v) is 6.17. The fraction of sp³-hybridized carbons (Fsp3) is 0.333. The number of hydrogen-bond donors (Lipinski definition) is 2.